The molecule has 0 atom stereocenters. The first-order valence-corrected chi connectivity index (χ1v) is 14.3. The molecule has 1 N–H and O–H groups in total. The number of imidazole rings is 1. The van der Waals surface area contributed by atoms with Crippen molar-refractivity contribution in [3.8, 4) is 17.3 Å². The van der Waals surface area contributed by atoms with Gasteiger partial charge in [-0.3, -0.25) is 4.79 Å². The molecule has 8 nitrogen and oxygen atoms in total. The number of ether oxygens (including phenoxy) is 1. The maximum atomic E-state index is 13.4. The van der Waals surface area contributed by atoms with Crippen molar-refractivity contribution in [2.45, 2.75) is 71.3 Å². The molecule has 2 aliphatic heterocycles. The first-order chi connectivity index (χ1) is 19.4. The molecule has 0 aliphatic carbocycles. The summed E-state index contributed by atoms with van der Waals surface area (Å²) < 4.78 is 5.56. The third-order valence-electron chi connectivity index (χ3n) is 8.41. The van der Waals surface area contributed by atoms with Gasteiger partial charge < -0.3 is 19.5 Å². The molecule has 214 valence electrons. The molecule has 5 rings (SSSR count). The van der Waals surface area contributed by atoms with Crippen LogP contribution in [0.2, 0.25) is 0 Å². The Labute approximate surface area is 242 Å². The summed E-state index contributed by atoms with van der Waals surface area (Å²) >= 11 is 0. The average molecular weight is 554 g/mol. The van der Waals surface area contributed by atoms with Crippen LogP contribution in [0.15, 0.2) is 42.5 Å². The van der Waals surface area contributed by atoms with Crippen molar-refractivity contribution in [3.05, 3.63) is 76.2 Å². The lowest BCUT2D eigenvalue weighted by atomic mass is 9.80. The standard InChI is InChI=1S/C33H39N5O3/c1-21-7-10-25(29(39)38-19-26(20-38)24-11-8-23(18-34)9-12-24)17-27(21)28-22(2)35-30(36-28)33(6)13-15-37(16-14-33)31(40)41-32(3,4)5/h7-12,17,26H,13-16,19-20H2,1-6H3,(H,35,36). The lowest BCUT2D eigenvalue weighted by Crippen LogP contribution is -2.48. The molecular formula is C33H39N5O3. The highest BCUT2D eigenvalue weighted by molar-refractivity contribution is 5.96. The average Bonchev–Trinajstić information content (AvgIpc) is 3.30. The Hall–Kier alpha value is -4.12. The third kappa shape index (κ3) is 5.85. The van der Waals surface area contributed by atoms with Gasteiger partial charge in [-0.15, -0.1) is 0 Å². The van der Waals surface area contributed by atoms with E-state index in [4.69, 9.17) is 15.0 Å². The number of carbonyl (C=O) groups is 2. The van der Waals surface area contributed by atoms with Crippen LogP contribution < -0.4 is 0 Å². The zero-order valence-electron chi connectivity index (χ0n) is 24.9. The van der Waals surface area contributed by atoms with E-state index in [1.807, 2.05) is 75.1 Å². The molecule has 2 fully saturated rings. The molecule has 0 unspecified atom stereocenters. The van der Waals surface area contributed by atoms with Gasteiger partial charge >= 0.3 is 6.09 Å². The minimum Gasteiger partial charge on any atom is -0.444 e. The van der Waals surface area contributed by atoms with E-state index in [9.17, 15) is 9.59 Å². The number of likely N-dealkylation sites (tertiary alicyclic amines) is 2. The van der Waals surface area contributed by atoms with E-state index in [1.165, 1.54) is 0 Å². The van der Waals surface area contributed by atoms with Gasteiger partial charge in [-0.2, -0.15) is 5.26 Å². The number of nitriles is 1. The van der Waals surface area contributed by atoms with E-state index in [2.05, 4.69) is 24.9 Å². The Morgan fingerprint density at radius 2 is 1.71 bits per heavy atom. The number of rotatable bonds is 4. The van der Waals surface area contributed by atoms with Crippen molar-refractivity contribution >= 4 is 12.0 Å². The minimum absolute atomic E-state index is 0.0232. The number of H-pyrrole nitrogens is 1. The molecule has 2 saturated heterocycles. The van der Waals surface area contributed by atoms with Crippen molar-refractivity contribution in [3.63, 3.8) is 0 Å². The Morgan fingerprint density at radius 1 is 1.05 bits per heavy atom. The van der Waals surface area contributed by atoms with E-state index < -0.39 is 5.60 Å². The summed E-state index contributed by atoms with van der Waals surface area (Å²) in [5, 5.41) is 9.03. The van der Waals surface area contributed by atoms with Crippen LogP contribution in [0.25, 0.3) is 11.3 Å². The smallest absolute Gasteiger partial charge is 0.410 e. The van der Waals surface area contributed by atoms with Crippen LogP contribution in [0, 0.1) is 25.2 Å². The van der Waals surface area contributed by atoms with Crippen LogP contribution in [-0.2, 0) is 10.2 Å². The van der Waals surface area contributed by atoms with E-state index in [0.29, 0.717) is 37.3 Å². The number of aromatic amines is 1. The summed E-state index contributed by atoms with van der Waals surface area (Å²) in [5.41, 5.74) is 5.64. The quantitative estimate of drug-likeness (QED) is 0.421. The van der Waals surface area contributed by atoms with Crippen molar-refractivity contribution in [1.82, 2.24) is 19.8 Å². The lowest BCUT2D eigenvalue weighted by molar-refractivity contribution is 0.0168. The molecule has 0 bridgehead atoms. The van der Waals surface area contributed by atoms with E-state index in [-0.39, 0.29) is 23.3 Å². The fraction of sp³-hybridized carbons (Fsp3) is 0.455. The predicted molar refractivity (Wildman–Crippen MR) is 158 cm³/mol. The summed E-state index contributed by atoms with van der Waals surface area (Å²) in [6.45, 7) is 14.5. The number of hydrogen-bond acceptors (Lipinski definition) is 5. The van der Waals surface area contributed by atoms with Crippen LogP contribution in [0.1, 0.15) is 85.0 Å². The predicted octanol–water partition coefficient (Wildman–Crippen LogP) is 6.09. The summed E-state index contributed by atoms with van der Waals surface area (Å²) in [7, 11) is 0. The van der Waals surface area contributed by atoms with Crippen molar-refractivity contribution in [1.29, 1.82) is 5.26 Å². The molecule has 3 aromatic rings. The Morgan fingerprint density at radius 3 is 2.32 bits per heavy atom. The molecule has 2 aliphatic rings. The summed E-state index contributed by atoms with van der Waals surface area (Å²) in [6.07, 6.45) is 1.30. The molecule has 0 spiro atoms. The van der Waals surface area contributed by atoms with Gasteiger partial charge in [0.05, 0.1) is 23.0 Å². The first-order valence-electron chi connectivity index (χ1n) is 14.3. The highest BCUT2D eigenvalue weighted by atomic mass is 16.6. The SMILES string of the molecule is Cc1ccc(C(=O)N2CC(c3ccc(C#N)cc3)C2)cc1-c1[nH]c(C2(C)CCN(C(=O)OC(C)(C)C)CC2)nc1C. The molecule has 8 heteroatoms. The third-order valence-corrected chi connectivity index (χ3v) is 8.41. The van der Waals surface area contributed by atoms with Gasteiger partial charge in [0.2, 0.25) is 0 Å². The second-order valence-electron chi connectivity index (χ2n) is 12.7. The van der Waals surface area contributed by atoms with E-state index in [0.717, 1.165) is 46.7 Å². The number of nitrogens with one attached hydrogen (secondary N) is 1. The second-order valence-corrected chi connectivity index (χ2v) is 12.7. The highest BCUT2D eigenvalue weighted by Gasteiger charge is 2.38. The van der Waals surface area contributed by atoms with Crippen LogP contribution in [0.4, 0.5) is 4.79 Å². The number of carbonyl (C=O) groups excluding carboxylic acids is 2. The Bertz CT molecular complexity index is 1500. The van der Waals surface area contributed by atoms with Gasteiger partial charge in [0.15, 0.2) is 0 Å². The van der Waals surface area contributed by atoms with Crippen molar-refractivity contribution in [2.24, 2.45) is 0 Å². The fourth-order valence-corrected chi connectivity index (χ4v) is 5.65. The number of piperidine rings is 1. The van der Waals surface area contributed by atoms with Crippen LogP contribution in [0.3, 0.4) is 0 Å². The van der Waals surface area contributed by atoms with Crippen LogP contribution >= 0.6 is 0 Å². The van der Waals surface area contributed by atoms with Crippen molar-refractivity contribution < 1.29 is 14.3 Å². The zero-order chi connectivity index (χ0) is 29.5. The van der Waals surface area contributed by atoms with Crippen LogP contribution in [-0.4, -0.2) is 63.5 Å². The monoisotopic (exact) mass is 553 g/mol. The molecule has 2 aromatic carbocycles. The molecule has 3 heterocycles. The zero-order valence-corrected chi connectivity index (χ0v) is 24.9. The normalized spacial score (nSPS) is 17.1. The highest BCUT2D eigenvalue weighted by Crippen LogP contribution is 2.37. The maximum Gasteiger partial charge on any atom is 0.410 e. The van der Waals surface area contributed by atoms with E-state index in [1.54, 1.807) is 4.90 Å². The largest absolute Gasteiger partial charge is 0.444 e. The maximum absolute atomic E-state index is 13.4. The van der Waals surface area contributed by atoms with Gasteiger partial charge in [-0.05, 0) is 82.9 Å². The van der Waals surface area contributed by atoms with Gasteiger partial charge in [0.1, 0.15) is 11.4 Å². The second kappa shape index (κ2) is 10.7. The lowest BCUT2D eigenvalue weighted by Gasteiger charge is -2.39. The Kier molecular flexibility index (Phi) is 7.41. The summed E-state index contributed by atoms with van der Waals surface area (Å²) in [5.74, 6) is 1.23. The van der Waals surface area contributed by atoms with Gasteiger partial charge in [-0.25, -0.2) is 9.78 Å². The molecule has 41 heavy (non-hydrogen) atoms. The topological polar surface area (TPSA) is 102 Å². The summed E-state index contributed by atoms with van der Waals surface area (Å²) in [4.78, 5) is 38.1. The summed E-state index contributed by atoms with van der Waals surface area (Å²) in [6, 6.07) is 15.7. The fourth-order valence-electron chi connectivity index (χ4n) is 5.65. The number of aryl methyl sites for hydroxylation is 2. The number of hydrogen-bond donors (Lipinski definition) is 1. The van der Waals surface area contributed by atoms with Gasteiger partial charge in [0.25, 0.3) is 5.91 Å². The molecule has 0 saturated carbocycles. The number of aromatic nitrogens is 2. The molecular weight excluding hydrogens is 514 g/mol. The number of amides is 2. The molecule has 1 aromatic heterocycles. The minimum atomic E-state index is -0.513. The van der Waals surface area contributed by atoms with Crippen LogP contribution in [0.5, 0.6) is 0 Å². The Balaban J connectivity index is 1.28. The van der Waals surface area contributed by atoms with E-state index >= 15 is 0 Å². The van der Waals surface area contributed by atoms with Gasteiger partial charge in [0, 0.05) is 48.6 Å². The first kappa shape index (κ1) is 28.4. The number of benzene rings is 2. The van der Waals surface area contributed by atoms with Crippen molar-refractivity contribution in [2.75, 3.05) is 26.2 Å². The molecule has 2 amide bonds. The van der Waals surface area contributed by atoms with Gasteiger partial charge in [-0.1, -0.05) is 25.1 Å². The number of nitrogens with zero attached hydrogens (tertiary/aromatic N) is 4. The molecule has 0 radical (unpaired) electrons.